The fraction of sp³-hybridized carbons (Fsp3) is 0.368. The topological polar surface area (TPSA) is 87.9 Å². The highest BCUT2D eigenvalue weighted by molar-refractivity contribution is 6.30. The maximum absolute atomic E-state index is 14.4. The molecule has 0 saturated carbocycles. The van der Waals surface area contributed by atoms with Crippen molar-refractivity contribution < 1.29 is 23.4 Å². The molecule has 0 bridgehead atoms. The average Bonchev–Trinajstić information content (AvgIpc) is 3.02. The standard InChI is InChI=1S/C19H19ClF2N4O3/c1-10(18(27)28)3-12-5-15(21)17(16(22)6-12)29-9-14-4-11(2)25-26(14)19-23-7-13(20)8-24-19/h5-8,10,14H,3-4,9H2,1-2H3,(H,27,28). The van der Waals surface area contributed by atoms with Crippen LogP contribution in [-0.4, -0.2) is 39.4 Å². The van der Waals surface area contributed by atoms with Gasteiger partial charge >= 0.3 is 5.97 Å². The third-order valence-electron chi connectivity index (χ3n) is 4.41. The molecule has 1 aromatic carbocycles. The van der Waals surface area contributed by atoms with Crippen LogP contribution >= 0.6 is 11.6 Å². The molecule has 1 N–H and O–H groups in total. The SMILES string of the molecule is CC1=NN(c2ncc(Cl)cn2)C(COc2c(F)cc(CC(C)C(=O)O)cc2F)C1. The Labute approximate surface area is 171 Å². The smallest absolute Gasteiger partial charge is 0.306 e. The van der Waals surface area contributed by atoms with Gasteiger partial charge < -0.3 is 9.84 Å². The van der Waals surface area contributed by atoms with Gasteiger partial charge in [0.1, 0.15) is 6.61 Å². The minimum absolute atomic E-state index is 0.0147. The second-order valence-electron chi connectivity index (χ2n) is 6.88. The molecule has 29 heavy (non-hydrogen) atoms. The number of ether oxygens (including phenoxy) is 1. The van der Waals surface area contributed by atoms with Crippen molar-refractivity contribution in [1.29, 1.82) is 0 Å². The van der Waals surface area contributed by atoms with Gasteiger partial charge in [-0.05, 0) is 31.0 Å². The number of aliphatic carboxylic acids is 1. The maximum atomic E-state index is 14.4. The molecular formula is C19H19ClF2N4O3. The predicted octanol–water partition coefficient (Wildman–Crippen LogP) is 3.71. The summed E-state index contributed by atoms with van der Waals surface area (Å²) in [5, 5.41) is 15.2. The van der Waals surface area contributed by atoms with Crippen LogP contribution in [0.1, 0.15) is 25.8 Å². The average molecular weight is 425 g/mol. The lowest BCUT2D eigenvalue weighted by Crippen LogP contribution is -2.33. The number of nitrogens with zero attached hydrogens (tertiary/aromatic N) is 4. The molecule has 2 atom stereocenters. The largest absolute Gasteiger partial charge is 0.485 e. The summed E-state index contributed by atoms with van der Waals surface area (Å²) in [6, 6.07) is 1.84. The Morgan fingerprint density at radius 2 is 1.97 bits per heavy atom. The first kappa shape index (κ1) is 20.9. The molecule has 3 rings (SSSR count). The highest BCUT2D eigenvalue weighted by Crippen LogP contribution is 2.27. The van der Waals surface area contributed by atoms with Crippen molar-refractivity contribution in [2.75, 3.05) is 11.6 Å². The van der Waals surface area contributed by atoms with E-state index in [1.54, 1.807) is 0 Å². The first-order chi connectivity index (χ1) is 13.7. The van der Waals surface area contributed by atoms with Crippen LogP contribution in [-0.2, 0) is 11.2 Å². The van der Waals surface area contributed by atoms with Crippen molar-refractivity contribution >= 4 is 29.2 Å². The quantitative estimate of drug-likeness (QED) is 0.729. The van der Waals surface area contributed by atoms with E-state index >= 15 is 0 Å². The summed E-state index contributed by atoms with van der Waals surface area (Å²) in [5.41, 5.74) is 1.05. The fourth-order valence-corrected chi connectivity index (χ4v) is 3.08. The van der Waals surface area contributed by atoms with Crippen LogP contribution in [0.4, 0.5) is 14.7 Å². The van der Waals surface area contributed by atoms with Crippen molar-refractivity contribution in [2.45, 2.75) is 32.7 Å². The van der Waals surface area contributed by atoms with Crippen molar-refractivity contribution in [1.82, 2.24) is 9.97 Å². The Balaban J connectivity index is 1.71. The van der Waals surface area contributed by atoms with Gasteiger partial charge in [0, 0.05) is 12.1 Å². The van der Waals surface area contributed by atoms with Gasteiger partial charge in [0.2, 0.25) is 5.95 Å². The van der Waals surface area contributed by atoms with E-state index in [1.807, 2.05) is 6.92 Å². The van der Waals surface area contributed by atoms with Crippen LogP contribution < -0.4 is 9.75 Å². The van der Waals surface area contributed by atoms with Crippen molar-refractivity contribution in [3.8, 4) is 5.75 Å². The number of benzene rings is 1. The van der Waals surface area contributed by atoms with E-state index in [-0.39, 0.29) is 24.6 Å². The molecule has 2 heterocycles. The second-order valence-corrected chi connectivity index (χ2v) is 7.32. The summed E-state index contributed by atoms with van der Waals surface area (Å²) in [7, 11) is 0. The molecule has 1 aromatic heterocycles. The molecule has 7 nitrogen and oxygen atoms in total. The van der Waals surface area contributed by atoms with E-state index in [0.29, 0.717) is 17.4 Å². The van der Waals surface area contributed by atoms with E-state index in [9.17, 15) is 13.6 Å². The van der Waals surface area contributed by atoms with Gasteiger partial charge in [0.05, 0.1) is 29.4 Å². The molecule has 0 spiro atoms. The third-order valence-corrected chi connectivity index (χ3v) is 4.60. The monoisotopic (exact) mass is 424 g/mol. The maximum Gasteiger partial charge on any atom is 0.306 e. The molecule has 2 aromatic rings. The van der Waals surface area contributed by atoms with Crippen LogP contribution in [0.15, 0.2) is 29.6 Å². The van der Waals surface area contributed by atoms with Gasteiger partial charge in [-0.25, -0.2) is 23.8 Å². The number of halogens is 3. The van der Waals surface area contributed by atoms with E-state index in [2.05, 4.69) is 15.1 Å². The summed E-state index contributed by atoms with van der Waals surface area (Å²) in [6.45, 7) is 3.24. The number of rotatable bonds is 7. The molecule has 0 amide bonds. The minimum Gasteiger partial charge on any atom is -0.485 e. The number of carboxylic acids is 1. The molecule has 0 saturated heterocycles. The Morgan fingerprint density at radius 1 is 1.34 bits per heavy atom. The van der Waals surface area contributed by atoms with Gasteiger partial charge in [0.25, 0.3) is 0 Å². The first-order valence-electron chi connectivity index (χ1n) is 8.89. The van der Waals surface area contributed by atoms with E-state index in [1.165, 1.54) is 24.3 Å². The zero-order chi connectivity index (χ0) is 21.1. The third kappa shape index (κ3) is 4.97. The van der Waals surface area contributed by atoms with E-state index in [4.69, 9.17) is 21.4 Å². The van der Waals surface area contributed by atoms with Gasteiger partial charge in [0.15, 0.2) is 17.4 Å². The van der Waals surface area contributed by atoms with Gasteiger partial charge in [-0.1, -0.05) is 18.5 Å². The number of aromatic nitrogens is 2. The fourth-order valence-electron chi connectivity index (χ4n) is 2.98. The number of hydrogen-bond acceptors (Lipinski definition) is 6. The summed E-state index contributed by atoms with van der Waals surface area (Å²) >= 11 is 5.80. The minimum atomic E-state index is -1.03. The van der Waals surface area contributed by atoms with Crippen LogP contribution in [0, 0.1) is 17.6 Å². The summed E-state index contributed by atoms with van der Waals surface area (Å²) in [5.74, 6) is -3.78. The summed E-state index contributed by atoms with van der Waals surface area (Å²) < 4.78 is 34.2. The molecule has 10 heteroatoms. The van der Waals surface area contributed by atoms with Gasteiger partial charge in [-0.15, -0.1) is 0 Å². The number of carboxylic acid groups (broad SMARTS) is 1. The zero-order valence-electron chi connectivity index (χ0n) is 15.8. The Bertz CT molecular complexity index is 917. The molecule has 0 radical (unpaired) electrons. The molecule has 2 unspecified atom stereocenters. The van der Waals surface area contributed by atoms with E-state index < -0.39 is 29.3 Å². The van der Waals surface area contributed by atoms with E-state index in [0.717, 1.165) is 17.8 Å². The first-order valence-corrected chi connectivity index (χ1v) is 9.26. The number of anilines is 1. The van der Waals surface area contributed by atoms with Gasteiger partial charge in [-0.3, -0.25) is 4.79 Å². The van der Waals surface area contributed by atoms with Crippen molar-refractivity contribution in [2.24, 2.45) is 11.0 Å². The lowest BCUT2D eigenvalue weighted by molar-refractivity contribution is -0.141. The Morgan fingerprint density at radius 3 is 2.55 bits per heavy atom. The second kappa shape index (κ2) is 8.69. The van der Waals surface area contributed by atoms with Crippen molar-refractivity contribution in [3.05, 3.63) is 46.7 Å². The molecule has 1 aliphatic rings. The highest BCUT2D eigenvalue weighted by atomic mass is 35.5. The summed E-state index contributed by atoms with van der Waals surface area (Å²) in [6.07, 6.45) is 3.40. The molecule has 0 aliphatic carbocycles. The normalized spacial score (nSPS) is 17.2. The summed E-state index contributed by atoms with van der Waals surface area (Å²) in [4.78, 5) is 19.2. The molecule has 0 fully saturated rings. The Kier molecular flexibility index (Phi) is 6.26. The van der Waals surface area contributed by atoms with Gasteiger partial charge in [-0.2, -0.15) is 5.10 Å². The lowest BCUT2D eigenvalue weighted by Gasteiger charge is -2.22. The predicted molar refractivity (Wildman–Crippen MR) is 103 cm³/mol. The lowest BCUT2D eigenvalue weighted by atomic mass is 10.0. The van der Waals surface area contributed by atoms with Crippen LogP contribution in [0.25, 0.3) is 0 Å². The zero-order valence-corrected chi connectivity index (χ0v) is 16.5. The Hall–Kier alpha value is -2.81. The van der Waals surface area contributed by atoms with Crippen LogP contribution in [0.3, 0.4) is 0 Å². The molecule has 1 aliphatic heterocycles. The highest BCUT2D eigenvalue weighted by Gasteiger charge is 2.29. The number of hydrazone groups is 1. The number of carbonyl (C=O) groups is 1. The van der Waals surface area contributed by atoms with Crippen LogP contribution in [0.5, 0.6) is 5.75 Å². The number of hydrogen-bond donors (Lipinski definition) is 1. The molecule has 154 valence electrons. The van der Waals surface area contributed by atoms with Crippen molar-refractivity contribution in [3.63, 3.8) is 0 Å². The van der Waals surface area contributed by atoms with Crippen LogP contribution in [0.2, 0.25) is 5.02 Å². The molecular weight excluding hydrogens is 406 g/mol.